The summed E-state index contributed by atoms with van der Waals surface area (Å²) >= 11 is 0. The quantitative estimate of drug-likeness (QED) is 0.627. The van der Waals surface area contributed by atoms with Gasteiger partial charge in [-0.2, -0.15) is 4.98 Å². The molecule has 152 valence electrons. The fourth-order valence-electron chi connectivity index (χ4n) is 2.92. The minimum Gasteiger partial charge on any atom is -0.497 e. The summed E-state index contributed by atoms with van der Waals surface area (Å²) in [6.07, 6.45) is 0. The van der Waals surface area contributed by atoms with Crippen molar-refractivity contribution in [3.63, 3.8) is 0 Å². The van der Waals surface area contributed by atoms with Crippen LogP contribution >= 0.6 is 0 Å². The second-order valence-electron chi connectivity index (χ2n) is 6.56. The van der Waals surface area contributed by atoms with Crippen LogP contribution in [0.25, 0.3) is 11.5 Å². The van der Waals surface area contributed by atoms with Crippen molar-refractivity contribution in [2.45, 2.75) is 9.92 Å². The zero-order chi connectivity index (χ0) is 20.6. The van der Waals surface area contributed by atoms with Gasteiger partial charge in [-0.15, -0.1) is 0 Å². The van der Waals surface area contributed by atoms with E-state index in [1.54, 1.807) is 56.4 Å². The highest BCUT2D eigenvalue weighted by atomic mass is 32.2. The Morgan fingerprint density at radius 1 is 1.00 bits per heavy atom. The number of nitrogens with zero attached hydrogens (tertiary/aromatic N) is 2. The second-order valence-corrected chi connectivity index (χ2v) is 8.43. The Kier molecular flexibility index (Phi) is 4.83. The molecule has 0 spiro atoms. The molecule has 0 fully saturated rings. The molecule has 9 heteroatoms. The Morgan fingerprint density at radius 2 is 1.69 bits per heavy atom. The highest BCUT2D eigenvalue weighted by Crippen LogP contribution is 2.37. The van der Waals surface area contributed by atoms with Crippen molar-refractivity contribution in [3.8, 4) is 28.7 Å². The van der Waals surface area contributed by atoms with E-state index < -0.39 is 9.84 Å². The van der Waals surface area contributed by atoms with Gasteiger partial charge in [-0.25, -0.2) is 8.42 Å². The average Bonchev–Trinajstić information content (AvgIpc) is 3.20. The van der Waals surface area contributed by atoms with Gasteiger partial charge < -0.3 is 23.5 Å². The molecule has 0 bridgehead atoms. The van der Waals surface area contributed by atoms with Gasteiger partial charge >= 0.3 is 0 Å². The first-order valence-corrected chi connectivity index (χ1v) is 10.4. The Morgan fingerprint density at radius 3 is 2.34 bits per heavy atom. The van der Waals surface area contributed by atoms with Crippen molar-refractivity contribution in [3.05, 3.63) is 42.5 Å². The number of aromatic nitrogens is 1. The smallest absolute Gasteiger partial charge is 0.235 e. The second kappa shape index (κ2) is 7.32. The molecule has 0 amide bonds. The van der Waals surface area contributed by atoms with Crippen LogP contribution in [0.15, 0.2) is 56.8 Å². The Balaban J connectivity index is 1.79. The van der Waals surface area contributed by atoms with Gasteiger partial charge in [-0.05, 0) is 36.4 Å². The molecule has 8 nitrogen and oxygen atoms in total. The molecule has 0 N–H and O–H groups in total. The first-order chi connectivity index (χ1) is 13.9. The maximum Gasteiger partial charge on any atom is 0.235 e. The van der Waals surface area contributed by atoms with Gasteiger partial charge in [0.05, 0.1) is 12.0 Å². The van der Waals surface area contributed by atoms with Crippen LogP contribution in [-0.2, 0) is 9.84 Å². The zero-order valence-electron chi connectivity index (χ0n) is 16.2. The number of hydrogen-bond donors (Lipinski definition) is 0. The fourth-order valence-corrected chi connectivity index (χ4v) is 4.31. The normalized spacial score (nSPS) is 13.2. The van der Waals surface area contributed by atoms with Crippen LogP contribution in [0.5, 0.6) is 17.2 Å². The number of sulfone groups is 1. The Hall–Kier alpha value is -3.20. The van der Waals surface area contributed by atoms with E-state index >= 15 is 0 Å². The number of methoxy groups -OCH3 is 1. The average molecular weight is 416 g/mol. The van der Waals surface area contributed by atoms with E-state index in [0.717, 1.165) is 0 Å². The van der Waals surface area contributed by atoms with Crippen LogP contribution in [0.4, 0.5) is 5.88 Å². The molecule has 2 aromatic carbocycles. The highest BCUT2D eigenvalue weighted by Gasteiger charge is 2.30. The van der Waals surface area contributed by atoms with Crippen LogP contribution in [0.2, 0.25) is 0 Å². The molecule has 0 atom stereocenters. The van der Waals surface area contributed by atoms with Crippen LogP contribution in [-0.4, -0.2) is 47.8 Å². The van der Waals surface area contributed by atoms with E-state index in [1.165, 1.54) is 12.1 Å². The molecule has 1 aromatic heterocycles. The van der Waals surface area contributed by atoms with E-state index in [1.807, 2.05) is 0 Å². The number of oxazole rings is 1. The Bertz CT molecular complexity index is 1140. The molecule has 0 radical (unpaired) electrons. The summed E-state index contributed by atoms with van der Waals surface area (Å²) < 4.78 is 48.6. The molecule has 3 aromatic rings. The van der Waals surface area contributed by atoms with Crippen molar-refractivity contribution in [1.82, 2.24) is 4.98 Å². The summed E-state index contributed by atoms with van der Waals surface area (Å²) in [5, 5.41) is -0.162. The number of rotatable bonds is 5. The molecular weight excluding hydrogens is 396 g/mol. The lowest BCUT2D eigenvalue weighted by atomic mass is 10.2. The van der Waals surface area contributed by atoms with E-state index in [4.69, 9.17) is 18.6 Å². The first-order valence-electron chi connectivity index (χ1n) is 8.87. The molecule has 2 heterocycles. The fraction of sp³-hybridized carbons (Fsp3) is 0.250. The number of hydrogen-bond acceptors (Lipinski definition) is 8. The summed E-state index contributed by atoms with van der Waals surface area (Å²) in [4.78, 5) is 5.94. The van der Waals surface area contributed by atoms with Crippen molar-refractivity contribution in [2.24, 2.45) is 0 Å². The third kappa shape index (κ3) is 3.49. The Labute approximate surface area is 168 Å². The number of anilines is 1. The molecule has 0 unspecified atom stereocenters. The highest BCUT2D eigenvalue weighted by molar-refractivity contribution is 7.91. The molecule has 1 aliphatic rings. The number of fused-ring (bicyclic) bond motifs is 1. The van der Waals surface area contributed by atoms with Crippen LogP contribution < -0.4 is 19.1 Å². The van der Waals surface area contributed by atoms with Crippen LogP contribution in [0, 0.1) is 0 Å². The largest absolute Gasteiger partial charge is 0.497 e. The topological polar surface area (TPSA) is 91.1 Å². The summed E-state index contributed by atoms with van der Waals surface area (Å²) in [7, 11) is 1.01. The number of ether oxygens (including phenoxy) is 3. The lowest BCUT2D eigenvalue weighted by molar-refractivity contribution is 0.171. The molecule has 0 saturated carbocycles. The minimum absolute atomic E-state index is 0.0550. The van der Waals surface area contributed by atoms with Gasteiger partial charge in [0.2, 0.25) is 26.6 Å². The lowest BCUT2D eigenvalue weighted by Gasteiger charge is -2.18. The standard InChI is InChI=1S/C20H20N2O6S/c1-22(2)20-19(21-18(28-20)13-4-6-14(25-3)7-5-13)29(23,24)15-8-9-16-17(12-15)27-11-10-26-16/h4-9,12H,10-11H2,1-3H3. The monoisotopic (exact) mass is 416 g/mol. The van der Waals surface area contributed by atoms with Crippen molar-refractivity contribution >= 4 is 15.7 Å². The van der Waals surface area contributed by atoms with Gasteiger partial charge in [0, 0.05) is 25.7 Å². The summed E-state index contributed by atoms with van der Waals surface area (Å²) in [5.74, 6) is 1.93. The maximum atomic E-state index is 13.3. The van der Waals surface area contributed by atoms with Crippen molar-refractivity contribution in [1.29, 1.82) is 0 Å². The van der Waals surface area contributed by atoms with E-state index in [2.05, 4.69) is 4.98 Å². The van der Waals surface area contributed by atoms with E-state index in [-0.39, 0.29) is 21.7 Å². The molecular formula is C20H20N2O6S. The van der Waals surface area contributed by atoms with Crippen LogP contribution in [0.1, 0.15) is 0 Å². The summed E-state index contributed by atoms with van der Waals surface area (Å²) in [6.45, 7) is 0.795. The molecule has 0 saturated heterocycles. The lowest BCUT2D eigenvalue weighted by Crippen LogP contribution is -2.16. The van der Waals surface area contributed by atoms with E-state index in [9.17, 15) is 8.42 Å². The third-order valence-electron chi connectivity index (χ3n) is 4.40. The maximum absolute atomic E-state index is 13.3. The third-order valence-corrected chi connectivity index (χ3v) is 6.05. The molecule has 4 rings (SSSR count). The van der Waals surface area contributed by atoms with Gasteiger partial charge in [-0.1, -0.05) is 0 Å². The van der Waals surface area contributed by atoms with Gasteiger partial charge in [0.15, 0.2) is 11.5 Å². The predicted octanol–water partition coefficient (Wildman–Crippen LogP) is 3.02. The van der Waals surface area contributed by atoms with Gasteiger partial charge in [0.25, 0.3) is 0 Å². The van der Waals surface area contributed by atoms with Crippen molar-refractivity contribution < 1.29 is 27.0 Å². The summed E-state index contributed by atoms with van der Waals surface area (Å²) in [6, 6.07) is 11.5. The minimum atomic E-state index is -3.95. The van der Waals surface area contributed by atoms with Crippen LogP contribution in [0.3, 0.4) is 0 Å². The molecule has 29 heavy (non-hydrogen) atoms. The number of benzene rings is 2. The van der Waals surface area contributed by atoms with E-state index in [0.29, 0.717) is 36.0 Å². The van der Waals surface area contributed by atoms with Gasteiger partial charge in [-0.3, -0.25) is 0 Å². The summed E-state index contributed by atoms with van der Waals surface area (Å²) in [5.41, 5.74) is 0.637. The first kappa shape index (κ1) is 19.1. The molecule has 0 aliphatic carbocycles. The van der Waals surface area contributed by atoms with Crippen molar-refractivity contribution in [2.75, 3.05) is 39.3 Å². The predicted molar refractivity (Wildman–Crippen MR) is 106 cm³/mol. The molecule has 1 aliphatic heterocycles. The van der Waals surface area contributed by atoms with Gasteiger partial charge in [0.1, 0.15) is 19.0 Å². The zero-order valence-corrected chi connectivity index (χ0v) is 17.0. The SMILES string of the molecule is COc1ccc(-c2nc(S(=O)(=O)c3ccc4c(c3)OCCO4)c(N(C)C)o2)cc1.